The molecule has 1 aromatic carbocycles. The van der Waals surface area contributed by atoms with Gasteiger partial charge >= 0.3 is 0 Å². The Labute approximate surface area is 120 Å². The number of aryl methyl sites for hydroxylation is 1. The molecule has 1 amide bonds. The Kier molecular flexibility index (Phi) is 5.15. The van der Waals surface area contributed by atoms with E-state index in [1.165, 1.54) is 0 Å². The first-order valence-electron chi connectivity index (χ1n) is 6.22. The standard InChI is InChI=1S/C14H16BrN3O/c15-12-3-1-2-11(8-12)4-5-14(19)17-7-6-13-9-16-10-18-13/h1-3,8-10H,4-7H2,(H,16,18)(H,17,19). The second kappa shape index (κ2) is 7.09. The maximum Gasteiger partial charge on any atom is 0.220 e. The van der Waals surface area contributed by atoms with Crippen LogP contribution in [0.15, 0.2) is 41.3 Å². The number of nitrogens with zero attached hydrogens (tertiary/aromatic N) is 1. The summed E-state index contributed by atoms with van der Waals surface area (Å²) in [4.78, 5) is 18.6. The number of imidazole rings is 1. The number of carbonyl (C=O) groups is 1. The van der Waals surface area contributed by atoms with Crippen molar-refractivity contribution in [2.24, 2.45) is 0 Å². The summed E-state index contributed by atoms with van der Waals surface area (Å²) in [5, 5.41) is 2.91. The largest absolute Gasteiger partial charge is 0.356 e. The molecule has 5 heteroatoms. The van der Waals surface area contributed by atoms with E-state index in [1.54, 1.807) is 12.5 Å². The number of rotatable bonds is 6. The highest BCUT2D eigenvalue weighted by Crippen LogP contribution is 2.12. The van der Waals surface area contributed by atoms with E-state index in [0.717, 1.165) is 28.6 Å². The summed E-state index contributed by atoms with van der Waals surface area (Å²) in [6.45, 7) is 0.638. The van der Waals surface area contributed by atoms with Crippen LogP contribution >= 0.6 is 15.9 Å². The van der Waals surface area contributed by atoms with Gasteiger partial charge in [0.15, 0.2) is 0 Å². The molecule has 19 heavy (non-hydrogen) atoms. The third-order valence-corrected chi connectivity index (χ3v) is 3.29. The smallest absolute Gasteiger partial charge is 0.220 e. The number of amides is 1. The van der Waals surface area contributed by atoms with Crippen molar-refractivity contribution in [1.82, 2.24) is 15.3 Å². The Balaban J connectivity index is 1.67. The molecule has 0 aliphatic heterocycles. The summed E-state index contributed by atoms with van der Waals surface area (Å²) in [7, 11) is 0. The van der Waals surface area contributed by atoms with Crippen LogP contribution in [-0.2, 0) is 17.6 Å². The minimum absolute atomic E-state index is 0.0829. The van der Waals surface area contributed by atoms with E-state index >= 15 is 0 Å². The first-order valence-corrected chi connectivity index (χ1v) is 7.02. The summed E-state index contributed by atoms with van der Waals surface area (Å²) < 4.78 is 1.05. The van der Waals surface area contributed by atoms with E-state index < -0.39 is 0 Å². The Morgan fingerprint density at radius 2 is 2.26 bits per heavy atom. The molecule has 0 atom stereocenters. The van der Waals surface area contributed by atoms with E-state index in [4.69, 9.17) is 0 Å². The van der Waals surface area contributed by atoms with Gasteiger partial charge in [-0.25, -0.2) is 4.98 Å². The molecule has 0 aliphatic rings. The average molecular weight is 322 g/mol. The molecule has 0 aliphatic carbocycles. The van der Waals surface area contributed by atoms with E-state index in [0.29, 0.717) is 13.0 Å². The number of nitrogens with one attached hydrogen (secondary N) is 2. The predicted molar refractivity (Wildman–Crippen MR) is 77.8 cm³/mol. The molecule has 0 fully saturated rings. The highest BCUT2D eigenvalue weighted by molar-refractivity contribution is 9.10. The third-order valence-electron chi connectivity index (χ3n) is 2.80. The van der Waals surface area contributed by atoms with Crippen LogP contribution in [0.4, 0.5) is 0 Å². The molecule has 0 unspecified atom stereocenters. The molecule has 0 bridgehead atoms. The molecular formula is C14H16BrN3O. The number of halogens is 1. The molecule has 0 spiro atoms. The van der Waals surface area contributed by atoms with Gasteiger partial charge in [-0.2, -0.15) is 0 Å². The van der Waals surface area contributed by atoms with Gasteiger partial charge in [-0.15, -0.1) is 0 Å². The molecule has 4 nitrogen and oxygen atoms in total. The highest BCUT2D eigenvalue weighted by atomic mass is 79.9. The Morgan fingerprint density at radius 1 is 1.37 bits per heavy atom. The summed E-state index contributed by atoms with van der Waals surface area (Å²) in [6, 6.07) is 8.03. The number of hydrogen-bond acceptors (Lipinski definition) is 2. The normalized spacial score (nSPS) is 10.4. The van der Waals surface area contributed by atoms with Crippen LogP contribution in [-0.4, -0.2) is 22.4 Å². The van der Waals surface area contributed by atoms with Gasteiger partial charge in [-0.1, -0.05) is 28.1 Å². The van der Waals surface area contributed by atoms with Crippen molar-refractivity contribution in [3.63, 3.8) is 0 Å². The zero-order valence-corrected chi connectivity index (χ0v) is 12.1. The van der Waals surface area contributed by atoms with Gasteiger partial charge in [-0.05, 0) is 24.1 Å². The maximum atomic E-state index is 11.7. The molecular weight excluding hydrogens is 306 g/mol. The number of aromatic amines is 1. The molecule has 1 heterocycles. The summed E-state index contributed by atoms with van der Waals surface area (Å²) in [6.07, 6.45) is 5.47. The first kappa shape index (κ1) is 13.8. The van der Waals surface area contributed by atoms with Crippen LogP contribution in [0.3, 0.4) is 0 Å². The van der Waals surface area contributed by atoms with Gasteiger partial charge in [-0.3, -0.25) is 4.79 Å². The summed E-state index contributed by atoms with van der Waals surface area (Å²) >= 11 is 3.42. The lowest BCUT2D eigenvalue weighted by Crippen LogP contribution is -2.25. The van der Waals surface area contributed by atoms with Crippen LogP contribution in [0.25, 0.3) is 0 Å². The molecule has 0 saturated carbocycles. The second-order valence-electron chi connectivity index (χ2n) is 4.31. The maximum absolute atomic E-state index is 11.7. The van der Waals surface area contributed by atoms with Crippen LogP contribution < -0.4 is 5.32 Å². The van der Waals surface area contributed by atoms with Crippen molar-refractivity contribution in [2.45, 2.75) is 19.3 Å². The Bertz CT molecular complexity index is 525. The van der Waals surface area contributed by atoms with Gasteiger partial charge in [0, 0.05) is 35.7 Å². The molecule has 2 rings (SSSR count). The lowest BCUT2D eigenvalue weighted by Gasteiger charge is -2.05. The summed E-state index contributed by atoms with van der Waals surface area (Å²) in [5.74, 6) is 0.0829. The van der Waals surface area contributed by atoms with E-state index in [-0.39, 0.29) is 5.91 Å². The average Bonchev–Trinajstić information content (AvgIpc) is 2.90. The predicted octanol–water partition coefficient (Wildman–Crippen LogP) is 2.46. The van der Waals surface area contributed by atoms with Crippen LogP contribution in [0.2, 0.25) is 0 Å². The van der Waals surface area contributed by atoms with Gasteiger partial charge in [0.2, 0.25) is 5.91 Å². The molecule has 0 saturated heterocycles. The monoisotopic (exact) mass is 321 g/mol. The van der Waals surface area contributed by atoms with Gasteiger partial charge in [0.25, 0.3) is 0 Å². The highest BCUT2D eigenvalue weighted by Gasteiger charge is 2.02. The number of aromatic nitrogens is 2. The minimum atomic E-state index is 0.0829. The number of benzene rings is 1. The molecule has 2 aromatic rings. The SMILES string of the molecule is O=C(CCc1cccc(Br)c1)NCCc1cnc[nH]1. The molecule has 100 valence electrons. The van der Waals surface area contributed by atoms with Crippen molar-refractivity contribution >= 4 is 21.8 Å². The lowest BCUT2D eigenvalue weighted by molar-refractivity contribution is -0.121. The zero-order chi connectivity index (χ0) is 13.5. The Morgan fingerprint density at radius 3 is 3.00 bits per heavy atom. The van der Waals surface area contributed by atoms with Crippen LogP contribution in [0.1, 0.15) is 17.7 Å². The minimum Gasteiger partial charge on any atom is -0.356 e. The van der Waals surface area contributed by atoms with Crippen molar-refractivity contribution in [1.29, 1.82) is 0 Å². The van der Waals surface area contributed by atoms with E-state index in [1.807, 2.05) is 24.3 Å². The quantitative estimate of drug-likeness (QED) is 0.858. The summed E-state index contributed by atoms with van der Waals surface area (Å²) in [5.41, 5.74) is 2.20. The number of carbonyl (C=O) groups excluding carboxylic acids is 1. The molecule has 2 N–H and O–H groups in total. The second-order valence-corrected chi connectivity index (χ2v) is 5.22. The van der Waals surface area contributed by atoms with Crippen molar-refractivity contribution in [3.05, 3.63) is 52.5 Å². The lowest BCUT2D eigenvalue weighted by atomic mass is 10.1. The fraction of sp³-hybridized carbons (Fsp3) is 0.286. The van der Waals surface area contributed by atoms with Crippen molar-refractivity contribution in [3.8, 4) is 0 Å². The third kappa shape index (κ3) is 4.87. The van der Waals surface area contributed by atoms with E-state index in [9.17, 15) is 4.79 Å². The van der Waals surface area contributed by atoms with Gasteiger partial charge in [0.05, 0.1) is 6.33 Å². The number of hydrogen-bond donors (Lipinski definition) is 2. The fourth-order valence-corrected chi connectivity index (χ4v) is 2.24. The van der Waals surface area contributed by atoms with Crippen molar-refractivity contribution in [2.75, 3.05) is 6.54 Å². The van der Waals surface area contributed by atoms with Gasteiger partial charge < -0.3 is 10.3 Å². The first-order chi connectivity index (χ1) is 9.24. The van der Waals surface area contributed by atoms with E-state index in [2.05, 4.69) is 31.2 Å². The molecule has 1 aromatic heterocycles. The Hall–Kier alpha value is -1.62. The van der Waals surface area contributed by atoms with Crippen LogP contribution in [0, 0.1) is 0 Å². The number of H-pyrrole nitrogens is 1. The fourth-order valence-electron chi connectivity index (χ4n) is 1.80. The zero-order valence-electron chi connectivity index (χ0n) is 10.5. The van der Waals surface area contributed by atoms with Gasteiger partial charge in [0.1, 0.15) is 0 Å². The molecule has 0 radical (unpaired) electrons. The van der Waals surface area contributed by atoms with Crippen LogP contribution in [0.5, 0.6) is 0 Å². The van der Waals surface area contributed by atoms with Crippen molar-refractivity contribution < 1.29 is 4.79 Å². The topological polar surface area (TPSA) is 57.8 Å².